The highest BCUT2D eigenvalue weighted by molar-refractivity contribution is 7.89. The number of aliphatic hydroxyl groups excluding tert-OH is 1. The molecule has 1 aliphatic carbocycles. The quantitative estimate of drug-likeness (QED) is 0.842. The molecule has 5 heteroatoms. The van der Waals surface area contributed by atoms with Crippen LogP contribution in [0.4, 0.5) is 0 Å². The van der Waals surface area contributed by atoms with Crippen LogP contribution in [0.15, 0.2) is 29.2 Å². The zero-order chi connectivity index (χ0) is 15.5. The number of aliphatic hydroxyl groups is 1. The third-order valence-corrected chi connectivity index (χ3v) is 6.14. The van der Waals surface area contributed by atoms with Crippen molar-refractivity contribution >= 4 is 10.0 Å². The molecule has 0 radical (unpaired) electrons. The molecule has 118 valence electrons. The smallest absolute Gasteiger partial charge is 0.243 e. The fourth-order valence-electron chi connectivity index (χ4n) is 2.56. The van der Waals surface area contributed by atoms with E-state index in [-0.39, 0.29) is 12.6 Å². The van der Waals surface area contributed by atoms with Crippen LogP contribution in [0.25, 0.3) is 0 Å². The molecule has 1 aromatic carbocycles. The number of sulfonamides is 1. The van der Waals surface area contributed by atoms with E-state index in [0.717, 1.165) is 24.8 Å². The summed E-state index contributed by atoms with van der Waals surface area (Å²) in [4.78, 5) is 0.358. The Labute approximate surface area is 127 Å². The molecule has 1 aromatic rings. The molecule has 2 rings (SSSR count). The van der Waals surface area contributed by atoms with E-state index in [1.165, 1.54) is 0 Å². The van der Waals surface area contributed by atoms with Gasteiger partial charge < -0.3 is 5.11 Å². The molecule has 1 saturated carbocycles. The van der Waals surface area contributed by atoms with Gasteiger partial charge in [0.15, 0.2) is 0 Å². The molecule has 0 bridgehead atoms. The average Bonchev–Trinajstić information content (AvgIpc) is 2.41. The molecule has 0 amide bonds. The first-order chi connectivity index (χ1) is 9.96. The van der Waals surface area contributed by atoms with Crippen molar-refractivity contribution in [2.24, 2.45) is 0 Å². The van der Waals surface area contributed by atoms with E-state index in [2.05, 4.69) is 13.8 Å². The topological polar surface area (TPSA) is 57.6 Å². The Kier molecular flexibility index (Phi) is 5.41. The molecule has 0 spiro atoms. The first-order valence-corrected chi connectivity index (χ1v) is 9.13. The van der Waals surface area contributed by atoms with Gasteiger partial charge in [-0.05, 0) is 42.9 Å². The van der Waals surface area contributed by atoms with Crippen molar-refractivity contribution in [2.75, 3.05) is 13.2 Å². The monoisotopic (exact) mass is 311 g/mol. The third kappa shape index (κ3) is 3.65. The van der Waals surface area contributed by atoms with Gasteiger partial charge >= 0.3 is 0 Å². The van der Waals surface area contributed by atoms with Gasteiger partial charge in [-0.25, -0.2) is 8.42 Å². The van der Waals surface area contributed by atoms with E-state index < -0.39 is 10.0 Å². The Morgan fingerprint density at radius 1 is 1.24 bits per heavy atom. The van der Waals surface area contributed by atoms with Crippen molar-refractivity contribution in [1.29, 1.82) is 0 Å². The molecule has 1 N–H and O–H groups in total. The van der Waals surface area contributed by atoms with Crippen molar-refractivity contribution in [3.05, 3.63) is 29.8 Å². The van der Waals surface area contributed by atoms with Crippen molar-refractivity contribution in [3.8, 4) is 0 Å². The second-order valence-corrected chi connectivity index (χ2v) is 7.89. The van der Waals surface area contributed by atoms with Crippen LogP contribution in [0.5, 0.6) is 0 Å². The van der Waals surface area contributed by atoms with Crippen molar-refractivity contribution < 1.29 is 13.5 Å². The van der Waals surface area contributed by atoms with Crippen molar-refractivity contribution in [2.45, 2.75) is 56.4 Å². The second kappa shape index (κ2) is 6.90. The summed E-state index contributed by atoms with van der Waals surface area (Å²) in [6.07, 6.45) is 3.42. The Bertz CT molecular complexity index is 547. The average molecular weight is 311 g/mol. The summed E-state index contributed by atoms with van der Waals surface area (Å²) in [6.45, 7) is 4.59. The largest absolute Gasteiger partial charge is 0.396 e. The van der Waals surface area contributed by atoms with Gasteiger partial charge in [-0.3, -0.25) is 0 Å². The van der Waals surface area contributed by atoms with Crippen LogP contribution >= 0.6 is 0 Å². The predicted molar refractivity (Wildman–Crippen MR) is 83.8 cm³/mol. The Morgan fingerprint density at radius 2 is 1.86 bits per heavy atom. The lowest BCUT2D eigenvalue weighted by molar-refractivity contribution is 0.198. The lowest BCUT2D eigenvalue weighted by atomic mass is 9.93. The van der Waals surface area contributed by atoms with Gasteiger partial charge in [0.2, 0.25) is 10.0 Å². The van der Waals surface area contributed by atoms with Gasteiger partial charge in [-0.2, -0.15) is 4.31 Å². The maximum Gasteiger partial charge on any atom is 0.243 e. The zero-order valence-electron chi connectivity index (χ0n) is 12.8. The molecule has 0 aromatic heterocycles. The zero-order valence-corrected chi connectivity index (χ0v) is 13.6. The Morgan fingerprint density at radius 3 is 2.29 bits per heavy atom. The molecule has 1 fully saturated rings. The van der Waals surface area contributed by atoms with E-state index in [0.29, 0.717) is 23.8 Å². The van der Waals surface area contributed by atoms with Crippen LogP contribution in [0.3, 0.4) is 0 Å². The summed E-state index contributed by atoms with van der Waals surface area (Å²) < 4.78 is 27.2. The normalized spacial score (nSPS) is 16.4. The van der Waals surface area contributed by atoms with Gasteiger partial charge in [0, 0.05) is 19.2 Å². The summed E-state index contributed by atoms with van der Waals surface area (Å²) in [5.74, 6) is 0.388. The number of hydrogen-bond donors (Lipinski definition) is 1. The summed E-state index contributed by atoms with van der Waals surface area (Å²) in [6, 6.07) is 7.29. The summed E-state index contributed by atoms with van der Waals surface area (Å²) in [7, 11) is -3.45. The summed E-state index contributed by atoms with van der Waals surface area (Å²) in [5.41, 5.74) is 1.14. The van der Waals surface area contributed by atoms with E-state index in [9.17, 15) is 8.42 Å². The molecule has 0 heterocycles. The lowest BCUT2D eigenvalue weighted by Crippen LogP contribution is -2.44. The Hall–Kier alpha value is -0.910. The first-order valence-electron chi connectivity index (χ1n) is 7.69. The highest BCUT2D eigenvalue weighted by atomic mass is 32.2. The SMILES string of the molecule is CC(C)c1ccc(S(=O)(=O)N(CCCO)C2CCC2)cc1. The maximum absolute atomic E-state index is 12.8. The minimum absolute atomic E-state index is 0.0189. The standard InChI is InChI=1S/C16H25NO3S/c1-13(2)14-7-9-16(10-8-14)21(19,20)17(11-4-12-18)15-5-3-6-15/h7-10,13,15,18H,3-6,11-12H2,1-2H3. The molecule has 0 atom stereocenters. The fraction of sp³-hybridized carbons (Fsp3) is 0.625. The van der Waals surface area contributed by atoms with Crippen LogP contribution in [-0.4, -0.2) is 37.0 Å². The van der Waals surface area contributed by atoms with E-state index >= 15 is 0 Å². The van der Waals surface area contributed by atoms with Gasteiger partial charge in [-0.1, -0.05) is 32.4 Å². The van der Waals surface area contributed by atoms with E-state index in [4.69, 9.17) is 5.11 Å². The van der Waals surface area contributed by atoms with Crippen LogP contribution in [-0.2, 0) is 10.0 Å². The van der Waals surface area contributed by atoms with Gasteiger partial charge in [0.1, 0.15) is 0 Å². The Balaban J connectivity index is 2.24. The second-order valence-electron chi connectivity index (χ2n) is 6.00. The highest BCUT2D eigenvalue weighted by Gasteiger charge is 2.34. The number of nitrogens with zero attached hydrogens (tertiary/aromatic N) is 1. The van der Waals surface area contributed by atoms with Crippen LogP contribution < -0.4 is 0 Å². The van der Waals surface area contributed by atoms with Crippen molar-refractivity contribution in [1.82, 2.24) is 4.31 Å². The van der Waals surface area contributed by atoms with Gasteiger partial charge in [0.05, 0.1) is 4.90 Å². The van der Waals surface area contributed by atoms with Crippen molar-refractivity contribution in [3.63, 3.8) is 0 Å². The molecule has 0 unspecified atom stereocenters. The molecule has 1 aliphatic rings. The van der Waals surface area contributed by atoms with E-state index in [1.807, 2.05) is 12.1 Å². The van der Waals surface area contributed by atoms with Crippen LogP contribution in [0, 0.1) is 0 Å². The molecular formula is C16H25NO3S. The number of hydrogen-bond acceptors (Lipinski definition) is 3. The van der Waals surface area contributed by atoms with Crippen LogP contribution in [0.2, 0.25) is 0 Å². The fourth-order valence-corrected chi connectivity index (χ4v) is 4.28. The predicted octanol–water partition coefficient (Wildman–Crippen LogP) is 2.74. The first kappa shape index (κ1) is 16.5. The van der Waals surface area contributed by atoms with Crippen LogP contribution in [0.1, 0.15) is 51.0 Å². The molecule has 21 heavy (non-hydrogen) atoms. The van der Waals surface area contributed by atoms with Gasteiger partial charge in [0.25, 0.3) is 0 Å². The lowest BCUT2D eigenvalue weighted by Gasteiger charge is -2.36. The maximum atomic E-state index is 12.8. The molecule has 4 nitrogen and oxygen atoms in total. The number of benzene rings is 1. The summed E-state index contributed by atoms with van der Waals surface area (Å²) in [5, 5.41) is 9.00. The third-order valence-electron chi connectivity index (χ3n) is 4.17. The van der Waals surface area contributed by atoms with E-state index in [1.54, 1.807) is 16.4 Å². The molecular weight excluding hydrogens is 286 g/mol. The minimum atomic E-state index is -3.45. The minimum Gasteiger partial charge on any atom is -0.396 e. The molecule has 0 aliphatic heterocycles. The van der Waals surface area contributed by atoms with Gasteiger partial charge in [-0.15, -0.1) is 0 Å². The summed E-state index contributed by atoms with van der Waals surface area (Å²) >= 11 is 0. The number of rotatable bonds is 7. The molecule has 0 saturated heterocycles. The highest BCUT2D eigenvalue weighted by Crippen LogP contribution is 2.30.